The molecular weight excluding hydrogens is 396 g/mol. The minimum absolute atomic E-state index is 0.176. The van der Waals surface area contributed by atoms with E-state index in [1.54, 1.807) is 42.6 Å². The molecule has 4 rings (SSSR count). The highest BCUT2D eigenvalue weighted by Gasteiger charge is 2.18. The predicted molar refractivity (Wildman–Crippen MR) is 99.2 cm³/mol. The van der Waals surface area contributed by atoms with Crippen LogP contribution >= 0.6 is 22.9 Å². The zero-order valence-corrected chi connectivity index (χ0v) is 15.4. The molecule has 2 heterocycles. The number of nitrogens with zero attached hydrogens (tertiary/aromatic N) is 3. The van der Waals surface area contributed by atoms with Crippen LogP contribution in [0.3, 0.4) is 0 Å². The molecule has 26 heavy (non-hydrogen) atoms. The van der Waals surface area contributed by atoms with Gasteiger partial charge in [0, 0.05) is 10.6 Å². The van der Waals surface area contributed by atoms with Gasteiger partial charge in [-0.2, -0.15) is 0 Å². The number of primary sulfonamides is 1. The van der Waals surface area contributed by atoms with Crippen molar-refractivity contribution in [1.82, 2.24) is 14.6 Å². The summed E-state index contributed by atoms with van der Waals surface area (Å²) in [4.78, 5) is 4.63. The van der Waals surface area contributed by atoms with Crippen molar-refractivity contribution in [3.05, 3.63) is 59.8 Å². The van der Waals surface area contributed by atoms with Gasteiger partial charge in [-0.15, -0.1) is 5.10 Å². The molecule has 2 aromatic heterocycles. The Morgan fingerprint density at radius 3 is 2.27 bits per heavy atom. The standard InChI is InChI=1S/C16H11ClN4O3S2/c17-11-3-7-13(8-4-11)24-12-5-1-10(2-6-12)14-9-19-15-21(14)20-16(25-15)26(18,22)23/h1-9H,(H2,18,22,23). The number of hydrogen-bond acceptors (Lipinski definition) is 6. The third-order valence-electron chi connectivity index (χ3n) is 3.51. The van der Waals surface area contributed by atoms with Crippen LogP contribution < -0.4 is 9.88 Å². The van der Waals surface area contributed by atoms with Crippen LogP contribution in [-0.2, 0) is 10.0 Å². The summed E-state index contributed by atoms with van der Waals surface area (Å²) in [5, 5.41) is 9.80. The summed E-state index contributed by atoms with van der Waals surface area (Å²) in [7, 11) is -3.86. The van der Waals surface area contributed by atoms with Crippen LogP contribution in [0.2, 0.25) is 5.02 Å². The fraction of sp³-hybridized carbons (Fsp3) is 0. The first kappa shape index (κ1) is 17.0. The molecule has 10 heteroatoms. The van der Waals surface area contributed by atoms with Gasteiger partial charge in [0.1, 0.15) is 11.5 Å². The van der Waals surface area contributed by atoms with E-state index in [1.165, 1.54) is 4.52 Å². The first-order valence-electron chi connectivity index (χ1n) is 7.31. The van der Waals surface area contributed by atoms with Crippen molar-refractivity contribution in [2.45, 2.75) is 4.34 Å². The van der Waals surface area contributed by atoms with Gasteiger partial charge in [-0.3, -0.25) is 0 Å². The third-order valence-corrected chi connectivity index (χ3v) is 5.99. The van der Waals surface area contributed by atoms with Crippen molar-refractivity contribution >= 4 is 37.9 Å². The second-order valence-corrected chi connectivity index (χ2v) is 8.46. The monoisotopic (exact) mass is 406 g/mol. The number of rotatable bonds is 4. The summed E-state index contributed by atoms with van der Waals surface area (Å²) < 4.78 is 29.9. The average molecular weight is 407 g/mol. The van der Waals surface area contributed by atoms with Crippen molar-refractivity contribution in [3.63, 3.8) is 0 Å². The molecule has 0 aliphatic carbocycles. The van der Waals surface area contributed by atoms with E-state index in [4.69, 9.17) is 21.5 Å². The Bertz CT molecular complexity index is 1180. The Balaban J connectivity index is 1.63. The third kappa shape index (κ3) is 3.29. The van der Waals surface area contributed by atoms with Gasteiger partial charge in [0.15, 0.2) is 0 Å². The van der Waals surface area contributed by atoms with Gasteiger partial charge in [-0.25, -0.2) is 23.1 Å². The Hall–Kier alpha value is -2.46. The van der Waals surface area contributed by atoms with Crippen LogP contribution in [0.25, 0.3) is 16.2 Å². The number of aromatic nitrogens is 3. The van der Waals surface area contributed by atoms with E-state index in [1.807, 2.05) is 12.1 Å². The summed E-state index contributed by atoms with van der Waals surface area (Å²) >= 11 is 6.77. The molecule has 0 atom stereocenters. The van der Waals surface area contributed by atoms with Crippen molar-refractivity contribution < 1.29 is 13.2 Å². The lowest BCUT2D eigenvalue weighted by atomic mass is 10.1. The summed E-state index contributed by atoms with van der Waals surface area (Å²) in [6.07, 6.45) is 1.63. The number of sulfonamides is 1. The Labute approximate surface area is 157 Å². The summed E-state index contributed by atoms with van der Waals surface area (Å²) in [5.41, 5.74) is 1.47. The van der Waals surface area contributed by atoms with E-state index in [9.17, 15) is 8.42 Å². The topological polar surface area (TPSA) is 99.6 Å². The number of ether oxygens (including phenoxy) is 1. The number of halogens is 1. The van der Waals surface area contributed by atoms with Gasteiger partial charge in [0.25, 0.3) is 10.0 Å². The van der Waals surface area contributed by atoms with E-state index >= 15 is 0 Å². The Morgan fingerprint density at radius 1 is 1.04 bits per heavy atom. The van der Waals surface area contributed by atoms with Gasteiger partial charge in [-0.1, -0.05) is 22.9 Å². The molecule has 2 N–H and O–H groups in total. The molecule has 0 unspecified atom stereocenters. The molecule has 4 aromatic rings. The molecule has 0 fully saturated rings. The maximum absolute atomic E-state index is 11.4. The van der Waals surface area contributed by atoms with Gasteiger partial charge in [-0.05, 0) is 48.5 Å². The van der Waals surface area contributed by atoms with Crippen LogP contribution in [-0.4, -0.2) is 23.0 Å². The van der Waals surface area contributed by atoms with E-state index < -0.39 is 10.0 Å². The minimum Gasteiger partial charge on any atom is -0.457 e. The van der Waals surface area contributed by atoms with Crippen LogP contribution in [0.4, 0.5) is 0 Å². The molecule has 7 nitrogen and oxygen atoms in total. The van der Waals surface area contributed by atoms with E-state index in [2.05, 4.69) is 10.1 Å². The molecule has 0 saturated carbocycles. The quantitative estimate of drug-likeness (QED) is 0.558. The number of imidazole rings is 1. The van der Waals surface area contributed by atoms with Crippen LogP contribution in [0, 0.1) is 0 Å². The van der Waals surface area contributed by atoms with Crippen molar-refractivity contribution in [1.29, 1.82) is 0 Å². The molecule has 0 saturated heterocycles. The second kappa shape index (κ2) is 6.36. The fourth-order valence-corrected chi connectivity index (χ4v) is 3.94. The van der Waals surface area contributed by atoms with E-state index in [-0.39, 0.29) is 4.34 Å². The van der Waals surface area contributed by atoms with Crippen molar-refractivity contribution in [2.75, 3.05) is 0 Å². The normalized spacial score (nSPS) is 11.8. The maximum Gasteiger partial charge on any atom is 0.267 e. The highest BCUT2D eigenvalue weighted by atomic mass is 35.5. The van der Waals surface area contributed by atoms with Gasteiger partial charge in [0.2, 0.25) is 9.30 Å². The van der Waals surface area contributed by atoms with Crippen molar-refractivity contribution in [2.24, 2.45) is 5.14 Å². The van der Waals surface area contributed by atoms with Crippen molar-refractivity contribution in [3.8, 4) is 22.8 Å². The summed E-state index contributed by atoms with van der Waals surface area (Å²) in [5.74, 6) is 1.33. The van der Waals surface area contributed by atoms with E-state index in [0.29, 0.717) is 27.2 Å². The van der Waals surface area contributed by atoms with Gasteiger partial charge >= 0.3 is 0 Å². The van der Waals surface area contributed by atoms with E-state index in [0.717, 1.165) is 16.9 Å². The number of fused-ring (bicyclic) bond motifs is 1. The summed E-state index contributed by atoms with van der Waals surface area (Å²) in [6.45, 7) is 0. The average Bonchev–Trinajstić information content (AvgIpc) is 3.18. The minimum atomic E-state index is -3.86. The highest BCUT2D eigenvalue weighted by molar-refractivity contribution is 7.91. The first-order chi connectivity index (χ1) is 12.4. The molecule has 0 radical (unpaired) electrons. The largest absolute Gasteiger partial charge is 0.457 e. The maximum atomic E-state index is 11.4. The van der Waals surface area contributed by atoms with Crippen LogP contribution in [0.1, 0.15) is 0 Å². The lowest BCUT2D eigenvalue weighted by Gasteiger charge is -2.06. The Morgan fingerprint density at radius 2 is 1.65 bits per heavy atom. The summed E-state index contributed by atoms with van der Waals surface area (Å²) in [6, 6.07) is 14.3. The van der Waals surface area contributed by atoms with Gasteiger partial charge in [0.05, 0.1) is 11.9 Å². The lowest BCUT2D eigenvalue weighted by molar-refractivity contribution is 0.483. The molecule has 0 aliphatic heterocycles. The predicted octanol–water partition coefficient (Wildman–Crippen LogP) is 3.55. The zero-order valence-electron chi connectivity index (χ0n) is 13.0. The smallest absolute Gasteiger partial charge is 0.267 e. The lowest BCUT2D eigenvalue weighted by Crippen LogP contribution is -2.12. The zero-order chi connectivity index (χ0) is 18.3. The molecule has 0 bridgehead atoms. The van der Waals surface area contributed by atoms with Crippen LogP contribution in [0.5, 0.6) is 11.5 Å². The molecule has 0 amide bonds. The molecule has 2 aromatic carbocycles. The number of nitrogens with two attached hydrogens (primary N) is 1. The highest BCUT2D eigenvalue weighted by Crippen LogP contribution is 2.28. The number of hydrogen-bond donors (Lipinski definition) is 1. The van der Waals surface area contributed by atoms with Gasteiger partial charge < -0.3 is 4.74 Å². The molecule has 0 spiro atoms. The first-order valence-corrected chi connectivity index (χ1v) is 10.1. The molecule has 132 valence electrons. The molecular formula is C16H11ClN4O3S2. The SMILES string of the molecule is NS(=O)(=O)c1nn2c(-c3ccc(Oc4ccc(Cl)cc4)cc3)cnc2s1. The molecule has 0 aliphatic rings. The second-order valence-electron chi connectivity index (χ2n) is 5.33. The fourth-order valence-electron chi connectivity index (χ4n) is 2.32. The number of benzene rings is 2. The van der Waals surface area contributed by atoms with Crippen LogP contribution in [0.15, 0.2) is 59.1 Å². The Kier molecular flexibility index (Phi) is 4.16.